The summed E-state index contributed by atoms with van der Waals surface area (Å²) in [7, 11) is 1.47. The molecule has 0 heterocycles. The van der Waals surface area contributed by atoms with Crippen molar-refractivity contribution < 1.29 is 14.2 Å². The molecule has 25 heavy (non-hydrogen) atoms. The van der Waals surface area contributed by atoms with E-state index >= 15 is 0 Å². The third-order valence-corrected chi connectivity index (χ3v) is 4.64. The second kappa shape index (κ2) is 9.57. The van der Waals surface area contributed by atoms with E-state index in [1.165, 1.54) is 31.9 Å². The third kappa shape index (κ3) is 5.05. The van der Waals surface area contributed by atoms with Crippen molar-refractivity contribution in [2.24, 2.45) is 0 Å². The minimum absolute atomic E-state index is 0.233. The minimum atomic E-state index is -0.485. The molecule has 0 aliphatic heterocycles. The number of benzene rings is 2. The van der Waals surface area contributed by atoms with Crippen LogP contribution >= 0.6 is 0 Å². The number of methoxy groups -OCH3 is 1. The third-order valence-electron chi connectivity index (χ3n) is 4.64. The Labute approximate surface area is 150 Å². The molecule has 0 bridgehead atoms. The molecule has 0 aliphatic rings. The summed E-state index contributed by atoms with van der Waals surface area (Å²) in [4.78, 5) is 0. The lowest BCUT2D eigenvalue weighted by Gasteiger charge is -2.15. The van der Waals surface area contributed by atoms with Gasteiger partial charge in [-0.25, -0.2) is 4.39 Å². The fraction of sp³-hybridized carbons (Fsp3) is 0.455. The van der Waals surface area contributed by atoms with E-state index in [0.717, 1.165) is 12.0 Å². The Morgan fingerprint density at radius 3 is 2.36 bits per heavy atom. The molecule has 2 aromatic rings. The van der Waals surface area contributed by atoms with Crippen LogP contribution in [0.1, 0.15) is 50.7 Å². The van der Waals surface area contributed by atoms with E-state index in [1.807, 2.05) is 25.1 Å². The second-order valence-electron chi connectivity index (χ2n) is 6.54. The number of aliphatic hydroxyl groups is 1. The van der Waals surface area contributed by atoms with E-state index in [0.29, 0.717) is 24.0 Å². The first kappa shape index (κ1) is 19.5. The Hall–Kier alpha value is -1.87. The van der Waals surface area contributed by atoms with Gasteiger partial charge in [0, 0.05) is 12.0 Å². The average Bonchev–Trinajstić information content (AvgIpc) is 2.63. The van der Waals surface area contributed by atoms with E-state index in [1.54, 1.807) is 6.07 Å². The molecular formula is C22H29FO2. The summed E-state index contributed by atoms with van der Waals surface area (Å²) in [5.41, 5.74) is 3.37. The summed E-state index contributed by atoms with van der Waals surface area (Å²) in [6.45, 7) is 4.10. The van der Waals surface area contributed by atoms with Gasteiger partial charge in [0.1, 0.15) is 0 Å². The van der Waals surface area contributed by atoms with Gasteiger partial charge in [0.2, 0.25) is 0 Å². The fourth-order valence-electron chi connectivity index (χ4n) is 3.03. The summed E-state index contributed by atoms with van der Waals surface area (Å²) in [5.74, 6) is -0.126. The molecule has 2 nitrogen and oxygen atoms in total. The molecule has 3 heteroatoms. The van der Waals surface area contributed by atoms with Gasteiger partial charge < -0.3 is 9.84 Å². The molecule has 0 spiro atoms. The highest BCUT2D eigenvalue weighted by Gasteiger charge is 2.17. The van der Waals surface area contributed by atoms with Crippen molar-refractivity contribution in [1.82, 2.24) is 0 Å². The molecule has 0 amide bonds. The largest absolute Gasteiger partial charge is 0.493 e. The normalized spacial score (nSPS) is 12.2. The summed E-state index contributed by atoms with van der Waals surface area (Å²) < 4.78 is 20.2. The number of hydrogen-bond donors (Lipinski definition) is 1. The Kier molecular flexibility index (Phi) is 7.45. The van der Waals surface area contributed by atoms with Crippen LogP contribution in [-0.2, 0) is 12.8 Å². The van der Waals surface area contributed by atoms with E-state index < -0.39 is 6.10 Å². The van der Waals surface area contributed by atoms with Crippen molar-refractivity contribution in [2.75, 3.05) is 7.11 Å². The molecule has 0 saturated carbocycles. The van der Waals surface area contributed by atoms with Crippen LogP contribution in [0.15, 0.2) is 36.4 Å². The Bertz CT molecular complexity index is 664. The summed E-state index contributed by atoms with van der Waals surface area (Å²) in [5, 5.41) is 9.85. The first-order valence-electron chi connectivity index (χ1n) is 9.23. The molecule has 0 aromatic heterocycles. The molecule has 0 saturated heterocycles. The predicted molar refractivity (Wildman–Crippen MR) is 102 cm³/mol. The molecule has 1 unspecified atom stereocenters. The van der Waals surface area contributed by atoms with Crippen LogP contribution in [0.25, 0.3) is 11.1 Å². The molecule has 0 aliphatic carbocycles. The first-order valence-corrected chi connectivity index (χ1v) is 9.23. The van der Waals surface area contributed by atoms with E-state index in [-0.39, 0.29) is 11.6 Å². The van der Waals surface area contributed by atoms with Crippen LogP contribution in [0.4, 0.5) is 4.39 Å². The first-order chi connectivity index (χ1) is 12.1. The van der Waals surface area contributed by atoms with Gasteiger partial charge in [-0.2, -0.15) is 0 Å². The summed E-state index contributed by atoms with van der Waals surface area (Å²) in [6.07, 6.45) is 5.24. The number of unbranched alkanes of at least 4 members (excludes halogenated alkanes) is 2. The topological polar surface area (TPSA) is 29.5 Å². The lowest BCUT2D eigenvalue weighted by Crippen LogP contribution is -2.10. The fourth-order valence-corrected chi connectivity index (χ4v) is 3.03. The van der Waals surface area contributed by atoms with Gasteiger partial charge >= 0.3 is 0 Å². The molecule has 0 fully saturated rings. The number of ether oxygens (including phenoxy) is 1. The second-order valence-corrected chi connectivity index (χ2v) is 6.54. The van der Waals surface area contributed by atoms with Crippen LogP contribution in [0.2, 0.25) is 0 Å². The zero-order valence-electron chi connectivity index (χ0n) is 15.5. The summed E-state index contributed by atoms with van der Waals surface area (Å²) in [6, 6.07) is 11.7. The highest BCUT2D eigenvalue weighted by atomic mass is 19.1. The van der Waals surface area contributed by atoms with Crippen LogP contribution in [0.3, 0.4) is 0 Å². The number of halogens is 1. The molecule has 136 valence electrons. The zero-order chi connectivity index (χ0) is 18.2. The quantitative estimate of drug-likeness (QED) is 0.605. The Morgan fingerprint density at radius 1 is 1.04 bits per heavy atom. The molecular weight excluding hydrogens is 315 g/mol. The van der Waals surface area contributed by atoms with Gasteiger partial charge in [0.25, 0.3) is 0 Å². The zero-order valence-corrected chi connectivity index (χ0v) is 15.5. The molecule has 2 aromatic carbocycles. The summed E-state index contributed by atoms with van der Waals surface area (Å²) >= 11 is 0. The SMILES string of the molecule is CCCCCc1ccc(-c2ccc(CC(O)CC)c(OC)c2F)cc1. The lowest BCUT2D eigenvalue weighted by molar-refractivity contribution is 0.169. The standard InChI is InChI=1S/C22H29FO2/c1-4-6-7-8-16-9-11-17(12-10-16)20-14-13-18(15-19(24)5-2)22(25-3)21(20)23/h9-14,19,24H,4-8,15H2,1-3H3. The number of aryl methyl sites for hydroxylation is 1. The number of hydrogen-bond acceptors (Lipinski definition) is 2. The van der Waals surface area contributed by atoms with Crippen molar-refractivity contribution >= 4 is 0 Å². The molecule has 0 radical (unpaired) electrons. The van der Waals surface area contributed by atoms with E-state index in [9.17, 15) is 9.50 Å². The van der Waals surface area contributed by atoms with Crippen LogP contribution in [-0.4, -0.2) is 18.3 Å². The van der Waals surface area contributed by atoms with Gasteiger partial charge in [-0.15, -0.1) is 0 Å². The van der Waals surface area contributed by atoms with Gasteiger partial charge in [-0.05, 0) is 36.0 Å². The smallest absolute Gasteiger partial charge is 0.173 e. The maximum Gasteiger partial charge on any atom is 0.173 e. The van der Waals surface area contributed by atoms with Gasteiger partial charge in [0.15, 0.2) is 11.6 Å². The van der Waals surface area contributed by atoms with E-state index in [4.69, 9.17) is 4.74 Å². The van der Waals surface area contributed by atoms with Crippen molar-refractivity contribution in [3.05, 3.63) is 53.3 Å². The van der Waals surface area contributed by atoms with Gasteiger partial charge in [-0.3, -0.25) is 0 Å². The molecule has 2 rings (SSSR count). The Balaban J connectivity index is 2.24. The van der Waals surface area contributed by atoms with Crippen LogP contribution in [0, 0.1) is 5.82 Å². The van der Waals surface area contributed by atoms with Crippen molar-refractivity contribution in [1.29, 1.82) is 0 Å². The van der Waals surface area contributed by atoms with Crippen molar-refractivity contribution in [3.8, 4) is 16.9 Å². The minimum Gasteiger partial charge on any atom is -0.493 e. The van der Waals surface area contributed by atoms with Gasteiger partial charge in [-0.1, -0.05) is 63.1 Å². The average molecular weight is 344 g/mol. The maximum absolute atomic E-state index is 14.9. The number of aliphatic hydroxyl groups excluding tert-OH is 1. The predicted octanol–water partition coefficient (Wildman–Crippen LogP) is 5.55. The lowest BCUT2D eigenvalue weighted by atomic mass is 9.97. The van der Waals surface area contributed by atoms with Crippen LogP contribution in [0.5, 0.6) is 5.75 Å². The van der Waals surface area contributed by atoms with Crippen LogP contribution < -0.4 is 4.74 Å². The van der Waals surface area contributed by atoms with E-state index in [2.05, 4.69) is 19.1 Å². The monoisotopic (exact) mass is 344 g/mol. The Morgan fingerprint density at radius 2 is 1.76 bits per heavy atom. The maximum atomic E-state index is 14.9. The molecule has 1 atom stereocenters. The van der Waals surface area contributed by atoms with Gasteiger partial charge in [0.05, 0.1) is 13.2 Å². The number of rotatable bonds is 9. The highest BCUT2D eigenvalue weighted by Crippen LogP contribution is 2.33. The van der Waals surface area contributed by atoms with Crippen molar-refractivity contribution in [3.63, 3.8) is 0 Å². The van der Waals surface area contributed by atoms with Crippen molar-refractivity contribution in [2.45, 2.75) is 58.5 Å². The highest BCUT2D eigenvalue weighted by molar-refractivity contribution is 5.67. The molecule has 1 N–H and O–H groups in total.